The molecule has 0 aliphatic rings. The number of aromatic nitrogens is 4. The van der Waals surface area contributed by atoms with Crippen LogP contribution in [0.1, 0.15) is 93.6 Å². The van der Waals surface area contributed by atoms with Crippen molar-refractivity contribution in [2.75, 3.05) is 34.5 Å². The topological polar surface area (TPSA) is 116 Å². The van der Waals surface area contributed by atoms with Crippen LogP contribution in [0.15, 0.2) is 72.8 Å². The van der Waals surface area contributed by atoms with Crippen molar-refractivity contribution in [3.8, 4) is 0 Å². The lowest BCUT2D eigenvalue weighted by molar-refractivity contribution is -0.120. The van der Waals surface area contributed by atoms with Gasteiger partial charge >= 0.3 is 0 Å². The summed E-state index contributed by atoms with van der Waals surface area (Å²) in [5.74, 6) is 3.07. The van der Waals surface area contributed by atoms with Gasteiger partial charge < -0.3 is 10.6 Å². The molecule has 0 fully saturated rings. The first-order chi connectivity index (χ1) is 23.5. The Labute approximate surface area is 301 Å². The number of benzene rings is 2. The highest BCUT2D eigenvalue weighted by Crippen LogP contribution is 2.25. The fourth-order valence-corrected chi connectivity index (χ4v) is 4.29. The van der Waals surface area contributed by atoms with Gasteiger partial charge in [-0.2, -0.15) is 4.98 Å². The van der Waals surface area contributed by atoms with E-state index in [4.69, 9.17) is 0 Å². The molecule has 4 aromatic rings. The molecule has 10 nitrogen and oxygen atoms in total. The first-order valence-corrected chi connectivity index (χ1v) is 17.4. The second kappa shape index (κ2) is 20.6. The van der Waals surface area contributed by atoms with Gasteiger partial charge in [-0.15, -0.1) is 0 Å². The SMILES string of the molecule is CC.CC.Cc1cc(N(C)C(=O)CC(C)(C)C)nc(Nc2ccccc2)n1.Cc1nc(Nc2ccccc2)cc(N(C)C(=O)CC(C)(C)C)n1. The van der Waals surface area contributed by atoms with E-state index in [-0.39, 0.29) is 22.6 Å². The second-order valence-electron chi connectivity index (χ2n) is 13.7. The number of hydrogen-bond donors (Lipinski definition) is 2. The Balaban J connectivity index is 0.000000455. The summed E-state index contributed by atoms with van der Waals surface area (Å²) in [5, 5.41) is 6.41. The van der Waals surface area contributed by atoms with Crippen LogP contribution < -0.4 is 20.4 Å². The maximum atomic E-state index is 12.4. The molecule has 0 bridgehead atoms. The lowest BCUT2D eigenvalue weighted by Gasteiger charge is -2.23. The molecule has 272 valence electrons. The number of nitrogens with one attached hydrogen (secondary N) is 2. The highest BCUT2D eigenvalue weighted by atomic mass is 16.2. The summed E-state index contributed by atoms with van der Waals surface area (Å²) in [6.07, 6.45) is 0.933. The monoisotopic (exact) mass is 684 g/mol. The van der Waals surface area contributed by atoms with E-state index in [1.165, 1.54) is 0 Å². The van der Waals surface area contributed by atoms with E-state index in [2.05, 4.69) is 30.6 Å². The summed E-state index contributed by atoms with van der Waals surface area (Å²) in [6.45, 7) is 24.0. The van der Waals surface area contributed by atoms with Gasteiger partial charge in [-0.1, -0.05) is 106 Å². The van der Waals surface area contributed by atoms with Gasteiger partial charge in [0.15, 0.2) is 0 Å². The zero-order valence-corrected chi connectivity index (χ0v) is 32.8. The van der Waals surface area contributed by atoms with Crippen molar-refractivity contribution in [1.82, 2.24) is 19.9 Å². The third-order valence-electron chi connectivity index (χ3n) is 6.54. The lowest BCUT2D eigenvalue weighted by atomic mass is 9.92. The van der Waals surface area contributed by atoms with E-state index in [0.717, 1.165) is 17.1 Å². The Morgan fingerprint density at radius 2 is 1.02 bits per heavy atom. The number of anilines is 6. The van der Waals surface area contributed by atoms with Gasteiger partial charge in [0.1, 0.15) is 23.3 Å². The smallest absolute Gasteiger partial charge is 0.229 e. The summed E-state index contributed by atoms with van der Waals surface area (Å²) < 4.78 is 0. The second-order valence-corrected chi connectivity index (χ2v) is 13.7. The van der Waals surface area contributed by atoms with Crippen LogP contribution in [0.5, 0.6) is 0 Å². The maximum absolute atomic E-state index is 12.4. The summed E-state index contributed by atoms with van der Waals surface area (Å²) in [6, 6.07) is 23.1. The lowest BCUT2D eigenvalue weighted by Crippen LogP contribution is -2.30. The zero-order valence-electron chi connectivity index (χ0n) is 32.8. The first kappa shape index (κ1) is 43.2. The van der Waals surface area contributed by atoms with Crippen molar-refractivity contribution in [3.63, 3.8) is 0 Å². The van der Waals surface area contributed by atoms with Gasteiger partial charge in [0.2, 0.25) is 17.8 Å². The first-order valence-electron chi connectivity index (χ1n) is 17.4. The van der Waals surface area contributed by atoms with Crippen molar-refractivity contribution in [2.24, 2.45) is 10.8 Å². The number of amides is 2. The Bertz CT molecular complexity index is 1480. The van der Waals surface area contributed by atoms with Crippen LogP contribution in [0.4, 0.5) is 34.8 Å². The molecule has 2 N–H and O–H groups in total. The molecular weight excluding hydrogens is 624 g/mol. The van der Waals surface area contributed by atoms with Crippen LogP contribution in [-0.4, -0.2) is 45.8 Å². The summed E-state index contributed by atoms with van der Waals surface area (Å²) in [4.78, 5) is 45.6. The molecule has 0 spiro atoms. The van der Waals surface area contributed by atoms with Crippen molar-refractivity contribution >= 4 is 46.6 Å². The third-order valence-corrected chi connectivity index (χ3v) is 6.54. The number of aryl methyl sites for hydroxylation is 2. The molecule has 10 heteroatoms. The number of nitrogens with zero attached hydrogens (tertiary/aromatic N) is 6. The van der Waals surface area contributed by atoms with E-state index in [1.807, 2.05) is 150 Å². The van der Waals surface area contributed by atoms with Gasteiger partial charge in [-0.25, -0.2) is 15.0 Å². The van der Waals surface area contributed by atoms with Crippen LogP contribution >= 0.6 is 0 Å². The predicted octanol–water partition coefficient (Wildman–Crippen LogP) is 9.91. The standard InChI is InChI=1S/2C18H24N4O.2C2H6/c1-13-19-15(21-14-9-7-6-8-10-14)11-16(20-13)22(5)17(23)12-18(2,3)4;1-13-11-15(22(5)16(23)12-18(2,3)4)21-17(19-13)20-14-9-7-6-8-10-14;2*1-2/h2*6-11H,12H2,1-5H3,(H,19,20,21);2*1-2H3. The molecule has 2 heterocycles. The number of hydrogen-bond acceptors (Lipinski definition) is 8. The van der Waals surface area contributed by atoms with Crippen LogP contribution in [0.2, 0.25) is 0 Å². The molecule has 0 atom stereocenters. The minimum atomic E-state index is -0.0570. The van der Waals surface area contributed by atoms with Crippen molar-refractivity contribution in [1.29, 1.82) is 0 Å². The van der Waals surface area contributed by atoms with Crippen LogP contribution in [0.3, 0.4) is 0 Å². The fraction of sp³-hybridized carbons (Fsp3) is 0.450. The van der Waals surface area contributed by atoms with E-state index in [1.54, 1.807) is 30.0 Å². The molecular formula is C40H60N8O2. The normalized spacial score (nSPS) is 10.5. The minimum Gasteiger partial charge on any atom is -0.340 e. The molecule has 50 heavy (non-hydrogen) atoms. The molecule has 0 saturated heterocycles. The molecule has 2 amide bonds. The number of rotatable bonds is 8. The Hall–Kier alpha value is -4.86. The average molecular weight is 685 g/mol. The van der Waals surface area contributed by atoms with E-state index in [9.17, 15) is 9.59 Å². The number of carbonyl (C=O) groups is 2. The molecule has 0 unspecified atom stereocenters. The molecule has 2 aromatic heterocycles. The third kappa shape index (κ3) is 16.0. The molecule has 0 aliphatic carbocycles. The summed E-state index contributed by atoms with van der Waals surface area (Å²) in [5.41, 5.74) is 2.55. The van der Waals surface area contributed by atoms with E-state index >= 15 is 0 Å². The van der Waals surface area contributed by atoms with Crippen molar-refractivity contribution in [3.05, 3.63) is 84.3 Å². The number of para-hydroxylation sites is 2. The molecule has 0 radical (unpaired) electrons. The van der Waals surface area contributed by atoms with E-state index < -0.39 is 0 Å². The zero-order chi connectivity index (χ0) is 38.1. The van der Waals surface area contributed by atoms with Gasteiger partial charge in [-0.05, 0) is 48.9 Å². The van der Waals surface area contributed by atoms with Gasteiger partial charge in [0.05, 0.1) is 0 Å². The van der Waals surface area contributed by atoms with E-state index in [0.29, 0.717) is 42.1 Å². The average Bonchev–Trinajstić information content (AvgIpc) is 3.05. The Morgan fingerprint density at radius 1 is 0.600 bits per heavy atom. The quantitative estimate of drug-likeness (QED) is 0.188. The summed E-state index contributed by atoms with van der Waals surface area (Å²) in [7, 11) is 3.50. The minimum absolute atomic E-state index is 0.0428. The van der Waals surface area contributed by atoms with Crippen LogP contribution in [-0.2, 0) is 9.59 Å². The molecule has 4 rings (SSSR count). The van der Waals surface area contributed by atoms with Crippen LogP contribution in [0, 0.1) is 24.7 Å². The highest BCUT2D eigenvalue weighted by Gasteiger charge is 2.22. The predicted molar refractivity (Wildman–Crippen MR) is 211 cm³/mol. The van der Waals surface area contributed by atoms with Crippen LogP contribution in [0.25, 0.3) is 0 Å². The van der Waals surface area contributed by atoms with Crippen molar-refractivity contribution < 1.29 is 9.59 Å². The highest BCUT2D eigenvalue weighted by molar-refractivity contribution is 5.93. The van der Waals surface area contributed by atoms with Crippen molar-refractivity contribution in [2.45, 2.75) is 95.9 Å². The molecule has 2 aromatic carbocycles. The maximum Gasteiger partial charge on any atom is 0.229 e. The largest absolute Gasteiger partial charge is 0.340 e. The number of carbonyl (C=O) groups excluding carboxylic acids is 2. The van der Waals surface area contributed by atoms with Gasteiger partial charge in [-0.3, -0.25) is 19.4 Å². The Morgan fingerprint density at radius 3 is 1.46 bits per heavy atom. The Kier molecular flexibility index (Phi) is 17.8. The summed E-state index contributed by atoms with van der Waals surface area (Å²) >= 11 is 0. The fourth-order valence-electron chi connectivity index (χ4n) is 4.29. The molecule has 0 saturated carbocycles. The molecule has 0 aliphatic heterocycles. The van der Waals surface area contributed by atoms with Gasteiger partial charge in [0.25, 0.3) is 0 Å². The van der Waals surface area contributed by atoms with Gasteiger partial charge in [0, 0.05) is 56.1 Å².